The van der Waals surface area contributed by atoms with Gasteiger partial charge in [-0.2, -0.15) is 0 Å². The molecule has 1 N–H and O–H groups in total. The Kier molecular flexibility index (Phi) is 5.61. The maximum atomic E-state index is 12.0. The van der Waals surface area contributed by atoms with Gasteiger partial charge >= 0.3 is 11.9 Å². The lowest BCUT2D eigenvalue weighted by Gasteiger charge is -2.08. The number of anilines is 1. The van der Waals surface area contributed by atoms with Crippen LogP contribution in [0.25, 0.3) is 22.1 Å². The summed E-state index contributed by atoms with van der Waals surface area (Å²) >= 11 is 0. The number of hydrogen-bond donors (Lipinski definition) is 1. The number of ether oxygens (including phenoxy) is 2. The minimum atomic E-state index is -0.741. The lowest BCUT2D eigenvalue weighted by Crippen LogP contribution is -2.19. The molecule has 0 fully saturated rings. The van der Waals surface area contributed by atoms with Crippen LogP contribution in [0.4, 0.5) is 5.69 Å². The topological polar surface area (TPSA) is 90.4 Å². The van der Waals surface area contributed by atoms with Crippen molar-refractivity contribution in [2.45, 2.75) is 13.8 Å². The van der Waals surface area contributed by atoms with Crippen LogP contribution in [0.1, 0.15) is 13.8 Å². The monoisotopic (exact) mass is 365 g/mol. The van der Waals surface area contributed by atoms with Crippen LogP contribution in [0.2, 0.25) is 0 Å². The summed E-state index contributed by atoms with van der Waals surface area (Å²) in [4.78, 5) is 33.1. The Balaban J connectivity index is 1.91. The number of hydrogen-bond acceptors (Lipinski definition) is 7. The van der Waals surface area contributed by atoms with Gasteiger partial charge in [0.1, 0.15) is 0 Å². The molecule has 3 rings (SSSR count). The fraction of sp³-hybridized carbons (Fsp3) is 0.200. The molecule has 138 valence electrons. The molecule has 0 bridgehead atoms. The second-order valence-corrected chi connectivity index (χ2v) is 5.56. The lowest BCUT2D eigenvalue weighted by molar-refractivity contribution is -0.146. The summed E-state index contributed by atoms with van der Waals surface area (Å²) in [5.41, 5.74) is 3.50. The molecule has 2 aromatic carbocycles. The normalized spacial score (nSPS) is 10.4. The van der Waals surface area contributed by atoms with Crippen molar-refractivity contribution in [3.05, 3.63) is 54.2 Å². The third kappa shape index (κ3) is 4.20. The second kappa shape index (κ2) is 8.27. The van der Waals surface area contributed by atoms with E-state index in [4.69, 9.17) is 9.47 Å². The van der Waals surface area contributed by atoms with Gasteiger partial charge in [-0.1, -0.05) is 12.1 Å². The first-order chi connectivity index (χ1) is 13.1. The fourth-order valence-electron chi connectivity index (χ4n) is 2.48. The SMILES string of the molecule is CCOC(=O)C(=CNc1ccc2nc3ccccc3nc2c1)C(=O)OCC. The van der Waals surface area contributed by atoms with Crippen molar-refractivity contribution in [2.24, 2.45) is 0 Å². The highest BCUT2D eigenvalue weighted by Crippen LogP contribution is 2.20. The molecule has 0 unspecified atom stereocenters. The van der Waals surface area contributed by atoms with E-state index in [1.54, 1.807) is 26.0 Å². The summed E-state index contributed by atoms with van der Waals surface area (Å²) in [5.74, 6) is -1.48. The number of benzene rings is 2. The Hall–Kier alpha value is -3.48. The maximum Gasteiger partial charge on any atom is 0.347 e. The second-order valence-electron chi connectivity index (χ2n) is 5.56. The molecule has 0 aliphatic carbocycles. The van der Waals surface area contributed by atoms with Gasteiger partial charge in [0, 0.05) is 11.9 Å². The van der Waals surface area contributed by atoms with Crippen LogP contribution >= 0.6 is 0 Å². The van der Waals surface area contributed by atoms with E-state index in [2.05, 4.69) is 15.3 Å². The minimum absolute atomic E-state index is 0.161. The first-order valence-electron chi connectivity index (χ1n) is 8.60. The Morgan fingerprint density at radius 2 is 1.44 bits per heavy atom. The molecule has 3 aromatic rings. The summed E-state index contributed by atoms with van der Waals surface area (Å²) in [7, 11) is 0. The number of rotatable bonds is 6. The van der Waals surface area contributed by atoms with Crippen LogP contribution in [0.3, 0.4) is 0 Å². The van der Waals surface area contributed by atoms with Crippen LogP contribution in [0.15, 0.2) is 54.2 Å². The number of nitrogens with one attached hydrogen (secondary N) is 1. The predicted octanol–water partition coefficient (Wildman–Crippen LogP) is 3.21. The molecular formula is C20H19N3O4. The molecule has 0 saturated heterocycles. The molecule has 1 heterocycles. The van der Waals surface area contributed by atoms with E-state index in [0.29, 0.717) is 11.2 Å². The molecule has 0 aliphatic rings. The van der Waals surface area contributed by atoms with E-state index >= 15 is 0 Å². The number of aromatic nitrogens is 2. The number of carbonyl (C=O) groups excluding carboxylic acids is 2. The van der Waals surface area contributed by atoms with Crippen LogP contribution in [-0.2, 0) is 19.1 Å². The van der Waals surface area contributed by atoms with E-state index in [1.165, 1.54) is 6.20 Å². The third-order valence-corrected chi connectivity index (χ3v) is 3.71. The van der Waals surface area contributed by atoms with E-state index in [0.717, 1.165) is 16.6 Å². The quantitative estimate of drug-likeness (QED) is 0.236. The Morgan fingerprint density at radius 1 is 0.889 bits per heavy atom. The van der Waals surface area contributed by atoms with Crippen molar-refractivity contribution in [1.82, 2.24) is 9.97 Å². The van der Waals surface area contributed by atoms with Crippen LogP contribution in [0, 0.1) is 0 Å². The van der Waals surface area contributed by atoms with E-state index in [1.807, 2.05) is 30.3 Å². The number of esters is 2. The van der Waals surface area contributed by atoms with Gasteiger partial charge in [0.05, 0.1) is 35.3 Å². The molecule has 27 heavy (non-hydrogen) atoms. The van der Waals surface area contributed by atoms with Crippen LogP contribution in [-0.4, -0.2) is 35.1 Å². The molecule has 0 amide bonds. The van der Waals surface area contributed by atoms with E-state index in [-0.39, 0.29) is 18.8 Å². The smallest absolute Gasteiger partial charge is 0.347 e. The number of para-hydroxylation sites is 2. The molecule has 0 saturated carbocycles. The number of nitrogens with zero attached hydrogens (tertiary/aromatic N) is 2. The Bertz CT molecular complexity index is 1010. The van der Waals surface area contributed by atoms with Gasteiger partial charge in [-0.05, 0) is 44.2 Å². The lowest BCUT2D eigenvalue weighted by atomic mass is 10.2. The summed E-state index contributed by atoms with van der Waals surface area (Å²) in [6.07, 6.45) is 1.28. The first-order valence-corrected chi connectivity index (χ1v) is 8.60. The zero-order valence-corrected chi connectivity index (χ0v) is 15.1. The van der Waals surface area contributed by atoms with Crippen molar-refractivity contribution in [3.63, 3.8) is 0 Å². The van der Waals surface area contributed by atoms with Crippen molar-refractivity contribution >= 4 is 39.7 Å². The van der Waals surface area contributed by atoms with Crippen LogP contribution in [0.5, 0.6) is 0 Å². The molecule has 7 heteroatoms. The van der Waals surface area contributed by atoms with E-state index in [9.17, 15) is 9.59 Å². The van der Waals surface area contributed by atoms with Gasteiger partial charge < -0.3 is 14.8 Å². The molecule has 0 aliphatic heterocycles. The number of carbonyl (C=O) groups is 2. The Morgan fingerprint density at radius 3 is 2.04 bits per heavy atom. The summed E-state index contributed by atoms with van der Waals surface area (Å²) in [5, 5.41) is 2.93. The zero-order valence-electron chi connectivity index (χ0n) is 15.1. The molecule has 0 radical (unpaired) electrons. The minimum Gasteiger partial charge on any atom is -0.462 e. The molecule has 7 nitrogen and oxygen atoms in total. The molecule has 0 atom stereocenters. The number of fused-ring (bicyclic) bond motifs is 2. The highest BCUT2D eigenvalue weighted by molar-refractivity contribution is 6.14. The zero-order chi connectivity index (χ0) is 19.2. The van der Waals surface area contributed by atoms with Gasteiger partial charge in [-0.3, -0.25) is 0 Å². The predicted molar refractivity (Wildman–Crippen MR) is 102 cm³/mol. The Labute approximate surface area is 156 Å². The van der Waals surface area contributed by atoms with Crippen molar-refractivity contribution < 1.29 is 19.1 Å². The van der Waals surface area contributed by atoms with Gasteiger partial charge in [0.25, 0.3) is 0 Å². The highest BCUT2D eigenvalue weighted by atomic mass is 16.6. The molecule has 0 spiro atoms. The fourth-order valence-corrected chi connectivity index (χ4v) is 2.48. The third-order valence-electron chi connectivity index (χ3n) is 3.71. The summed E-state index contributed by atoms with van der Waals surface area (Å²) < 4.78 is 9.82. The van der Waals surface area contributed by atoms with Gasteiger partial charge in [0.15, 0.2) is 5.57 Å². The van der Waals surface area contributed by atoms with Crippen molar-refractivity contribution in [1.29, 1.82) is 0 Å². The first kappa shape index (κ1) is 18.3. The molecule has 1 aromatic heterocycles. The average Bonchev–Trinajstić information content (AvgIpc) is 2.67. The van der Waals surface area contributed by atoms with Gasteiger partial charge in [0.2, 0.25) is 0 Å². The largest absolute Gasteiger partial charge is 0.462 e. The van der Waals surface area contributed by atoms with E-state index < -0.39 is 11.9 Å². The van der Waals surface area contributed by atoms with Crippen LogP contribution < -0.4 is 5.32 Å². The summed E-state index contributed by atoms with van der Waals surface area (Å²) in [6, 6.07) is 13.0. The van der Waals surface area contributed by atoms with Gasteiger partial charge in [-0.25, -0.2) is 19.6 Å². The highest BCUT2D eigenvalue weighted by Gasteiger charge is 2.20. The van der Waals surface area contributed by atoms with Crippen molar-refractivity contribution in [3.8, 4) is 0 Å². The maximum absolute atomic E-state index is 12.0. The molecular weight excluding hydrogens is 346 g/mol. The summed E-state index contributed by atoms with van der Waals surface area (Å²) in [6.45, 7) is 3.66. The van der Waals surface area contributed by atoms with Gasteiger partial charge in [-0.15, -0.1) is 0 Å². The average molecular weight is 365 g/mol. The van der Waals surface area contributed by atoms with Crippen molar-refractivity contribution in [2.75, 3.05) is 18.5 Å². The standard InChI is InChI=1S/C20H19N3O4/c1-3-26-19(24)14(20(25)27-4-2)12-21-13-9-10-17-18(11-13)23-16-8-6-5-7-15(16)22-17/h5-12,21H,3-4H2,1-2H3.